The second-order valence-electron chi connectivity index (χ2n) is 4.63. The van der Waals surface area contributed by atoms with Gasteiger partial charge in [0.25, 0.3) is 0 Å². The van der Waals surface area contributed by atoms with E-state index in [2.05, 4.69) is 5.10 Å². The van der Waals surface area contributed by atoms with Crippen LogP contribution < -0.4 is 0 Å². The molecule has 0 aliphatic carbocycles. The molecule has 0 atom stereocenters. The van der Waals surface area contributed by atoms with Gasteiger partial charge in [0, 0.05) is 12.6 Å². The molecule has 0 fully saturated rings. The van der Waals surface area contributed by atoms with Crippen molar-refractivity contribution in [1.29, 1.82) is 0 Å². The lowest BCUT2D eigenvalue weighted by Gasteiger charge is -2.19. The van der Waals surface area contributed by atoms with Crippen molar-refractivity contribution in [2.75, 3.05) is 0 Å². The zero-order chi connectivity index (χ0) is 17.6. The van der Waals surface area contributed by atoms with Gasteiger partial charge in [-0.05, 0) is 0 Å². The molecule has 23 heavy (non-hydrogen) atoms. The topological polar surface area (TPSA) is 17.8 Å². The molecular weight excluding hydrogens is 336 g/mol. The van der Waals surface area contributed by atoms with E-state index in [9.17, 15) is 35.1 Å². The van der Waals surface area contributed by atoms with Gasteiger partial charge >= 0.3 is 18.3 Å². The van der Waals surface area contributed by atoms with Crippen molar-refractivity contribution in [1.82, 2.24) is 9.78 Å². The molecule has 2 aromatic rings. The molecule has 0 aliphatic heterocycles. The zero-order valence-electron chi connectivity index (χ0n) is 11.3. The number of benzene rings is 1. The fourth-order valence-electron chi connectivity index (χ4n) is 2.07. The molecule has 0 N–H and O–H groups in total. The van der Waals surface area contributed by atoms with Crippen LogP contribution in [0.1, 0.15) is 11.3 Å². The predicted molar refractivity (Wildman–Crippen MR) is 63.6 cm³/mol. The van der Waals surface area contributed by atoms with E-state index in [1.165, 1.54) is 18.2 Å². The summed E-state index contributed by atoms with van der Waals surface area (Å²) in [5.74, 6) is -5.73. The van der Waals surface area contributed by atoms with Crippen LogP contribution in [0.2, 0.25) is 0 Å². The molecule has 0 aliphatic rings. The minimum absolute atomic E-state index is 0.181. The van der Waals surface area contributed by atoms with Gasteiger partial charge in [0.15, 0.2) is 5.69 Å². The largest absolute Gasteiger partial charge is 0.459 e. The maximum absolute atomic E-state index is 13.5. The maximum atomic E-state index is 13.5. The smallest absolute Gasteiger partial charge is 0.267 e. The highest BCUT2D eigenvalue weighted by atomic mass is 19.4. The van der Waals surface area contributed by atoms with Crippen LogP contribution in [0.25, 0.3) is 11.3 Å². The molecule has 0 bridgehead atoms. The molecule has 0 radical (unpaired) electrons. The number of hydrogen-bond acceptors (Lipinski definition) is 1. The first-order valence-electron chi connectivity index (χ1n) is 6.02. The number of aryl methyl sites for hydroxylation is 1. The minimum Gasteiger partial charge on any atom is -0.267 e. The molecule has 10 heteroatoms. The highest BCUT2D eigenvalue weighted by molar-refractivity contribution is 5.66. The molecule has 2 nitrogen and oxygen atoms in total. The van der Waals surface area contributed by atoms with Crippen LogP contribution in [0.4, 0.5) is 35.1 Å². The van der Waals surface area contributed by atoms with E-state index in [1.54, 1.807) is 0 Å². The second kappa shape index (κ2) is 5.20. The van der Waals surface area contributed by atoms with Gasteiger partial charge in [-0.1, -0.05) is 30.3 Å². The molecular formula is C13H8F8N2. The first kappa shape index (κ1) is 17.2. The van der Waals surface area contributed by atoms with E-state index in [0.717, 1.165) is 19.2 Å². The summed E-state index contributed by atoms with van der Waals surface area (Å²) in [6, 6.07) is 6.41. The van der Waals surface area contributed by atoms with E-state index in [1.807, 2.05) is 0 Å². The van der Waals surface area contributed by atoms with E-state index < -0.39 is 35.2 Å². The van der Waals surface area contributed by atoms with Gasteiger partial charge in [0.1, 0.15) is 5.56 Å². The molecule has 0 saturated carbocycles. The fourth-order valence-corrected chi connectivity index (χ4v) is 2.07. The first-order valence-corrected chi connectivity index (χ1v) is 6.02. The van der Waals surface area contributed by atoms with Crippen molar-refractivity contribution >= 4 is 0 Å². The van der Waals surface area contributed by atoms with Gasteiger partial charge < -0.3 is 0 Å². The van der Waals surface area contributed by atoms with Crippen molar-refractivity contribution in [3.05, 3.63) is 41.6 Å². The Hall–Kier alpha value is -2.13. The van der Waals surface area contributed by atoms with Gasteiger partial charge in [0.2, 0.25) is 0 Å². The van der Waals surface area contributed by atoms with Crippen molar-refractivity contribution in [3.8, 4) is 11.3 Å². The predicted octanol–water partition coefficient (Wildman–Crippen LogP) is 4.76. The number of alkyl halides is 8. The number of rotatable bonds is 2. The Morgan fingerprint density at radius 2 is 1.39 bits per heavy atom. The molecule has 1 heterocycles. The van der Waals surface area contributed by atoms with Crippen LogP contribution in [-0.4, -0.2) is 16.0 Å². The lowest BCUT2D eigenvalue weighted by molar-refractivity contribution is -0.292. The molecule has 0 amide bonds. The summed E-state index contributed by atoms with van der Waals surface area (Å²) in [6.07, 6.45) is -11.6. The SMILES string of the molecule is Cn1nc(C(F)(F)C(F)(F)F)c(C(F)(F)F)c1-c1ccccc1. The quantitative estimate of drug-likeness (QED) is 0.719. The molecule has 1 aromatic heterocycles. The average Bonchev–Trinajstić information content (AvgIpc) is 2.76. The third kappa shape index (κ3) is 2.89. The Morgan fingerprint density at radius 3 is 1.83 bits per heavy atom. The van der Waals surface area contributed by atoms with E-state index >= 15 is 0 Å². The number of halogens is 8. The lowest BCUT2D eigenvalue weighted by Crippen LogP contribution is -2.36. The van der Waals surface area contributed by atoms with Crippen LogP contribution in [0.5, 0.6) is 0 Å². The molecule has 126 valence electrons. The number of hydrogen-bond donors (Lipinski definition) is 0. The zero-order valence-corrected chi connectivity index (χ0v) is 11.3. The molecule has 0 spiro atoms. The van der Waals surface area contributed by atoms with Crippen LogP contribution in [0.15, 0.2) is 30.3 Å². The summed E-state index contributed by atoms with van der Waals surface area (Å²) >= 11 is 0. The monoisotopic (exact) mass is 344 g/mol. The lowest BCUT2D eigenvalue weighted by atomic mass is 10.0. The maximum Gasteiger partial charge on any atom is 0.459 e. The van der Waals surface area contributed by atoms with E-state index in [0.29, 0.717) is 4.68 Å². The standard InChI is InChI=1S/C13H8F8N2/c1-23-9(7-5-3-2-4-6-7)8(12(16,17)18)10(22-23)11(14,15)13(19,20)21/h2-6H,1H3. The van der Waals surface area contributed by atoms with Gasteiger partial charge in [-0.3, -0.25) is 4.68 Å². The highest BCUT2D eigenvalue weighted by Gasteiger charge is 2.64. The minimum atomic E-state index is -6.20. The Balaban J connectivity index is 2.82. The van der Waals surface area contributed by atoms with E-state index in [-0.39, 0.29) is 5.56 Å². The van der Waals surface area contributed by atoms with Crippen LogP contribution >= 0.6 is 0 Å². The number of nitrogens with zero attached hydrogens (tertiary/aromatic N) is 2. The van der Waals surface area contributed by atoms with Crippen molar-refractivity contribution in [3.63, 3.8) is 0 Å². The van der Waals surface area contributed by atoms with Crippen LogP contribution in [0, 0.1) is 0 Å². The summed E-state index contributed by atoms with van der Waals surface area (Å²) in [4.78, 5) is 0. The molecule has 0 saturated heterocycles. The first-order chi connectivity index (χ1) is 10.4. The Morgan fingerprint density at radius 1 is 0.870 bits per heavy atom. The Labute approximate surface area is 124 Å². The Kier molecular flexibility index (Phi) is 3.90. The summed E-state index contributed by atoms with van der Waals surface area (Å²) in [5, 5.41) is 2.82. The third-order valence-corrected chi connectivity index (χ3v) is 3.03. The van der Waals surface area contributed by atoms with Crippen LogP contribution in [-0.2, 0) is 19.1 Å². The van der Waals surface area contributed by atoms with Gasteiger partial charge in [0.05, 0.1) is 5.69 Å². The van der Waals surface area contributed by atoms with Crippen molar-refractivity contribution in [2.45, 2.75) is 18.3 Å². The summed E-state index contributed by atoms with van der Waals surface area (Å²) in [6.45, 7) is 0. The van der Waals surface area contributed by atoms with Crippen LogP contribution in [0.3, 0.4) is 0 Å². The number of aromatic nitrogens is 2. The average molecular weight is 344 g/mol. The highest BCUT2D eigenvalue weighted by Crippen LogP contribution is 2.50. The normalized spacial score (nSPS) is 13.4. The molecule has 0 unspecified atom stereocenters. The van der Waals surface area contributed by atoms with Gasteiger partial charge in [-0.2, -0.15) is 40.2 Å². The molecule has 1 aromatic carbocycles. The second-order valence-corrected chi connectivity index (χ2v) is 4.63. The fraction of sp³-hybridized carbons (Fsp3) is 0.308. The van der Waals surface area contributed by atoms with Crippen molar-refractivity contribution < 1.29 is 35.1 Å². The summed E-state index contributed by atoms with van der Waals surface area (Å²) in [5.41, 5.74) is -5.51. The van der Waals surface area contributed by atoms with Crippen molar-refractivity contribution in [2.24, 2.45) is 7.05 Å². The Bertz CT molecular complexity index is 697. The van der Waals surface area contributed by atoms with E-state index in [4.69, 9.17) is 0 Å². The summed E-state index contributed by atoms with van der Waals surface area (Å²) < 4.78 is 104. The van der Waals surface area contributed by atoms with Gasteiger partial charge in [-0.25, -0.2) is 0 Å². The summed E-state index contributed by atoms with van der Waals surface area (Å²) in [7, 11) is 0.869. The van der Waals surface area contributed by atoms with Gasteiger partial charge in [-0.15, -0.1) is 0 Å². The molecule has 2 rings (SSSR count). The third-order valence-electron chi connectivity index (χ3n) is 3.03.